The Labute approximate surface area is 204 Å². The molecule has 176 valence electrons. The minimum absolute atomic E-state index is 0.0452. The Hall–Kier alpha value is -4.45. The maximum atomic E-state index is 12.8. The lowest BCUT2D eigenvalue weighted by Gasteiger charge is -2.19. The third-order valence-corrected chi connectivity index (χ3v) is 5.70. The molecule has 0 aliphatic heterocycles. The number of amides is 2. The monoisotopic (exact) mass is 465 g/mol. The van der Waals surface area contributed by atoms with Crippen molar-refractivity contribution in [1.82, 2.24) is 15.2 Å². The van der Waals surface area contributed by atoms with Crippen LogP contribution in [-0.4, -0.2) is 16.4 Å². The van der Waals surface area contributed by atoms with E-state index in [-0.39, 0.29) is 23.8 Å². The molecule has 2 amide bonds. The van der Waals surface area contributed by atoms with Crippen LogP contribution in [0.1, 0.15) is 39.5 Å². The molecule has 3 aromatic carbocycles. The molecular formula is C29H27N3O3. The van der Waals surface area contributed by atoms with Gasteiger partial charge in [0.15, 0.2) is 0 Å². The van der Waals surface area contributed by atoms with Gasteiger partial charge in [0.05, 0.1) is 19.0 Å². The van der Waals surface area contributed by atoms with E-state index in [0.717, 1.165) is 16.7 Å². The fraction of sp³-hybridized carbons (Fsp3) is 0.138. The van der Waals surface area contributed by atoms with E-state index in [1.807, 2.05) is 78.9 Å². The minimum Gasteiger partial charge on any atom is -0.352 e. The molecule has 1 unspecified atom stereocenters. The molecule has 0 saturated carbocycles. The van der Waals surface area contributed by atoms with Crippen molar-refractivity contribution in [3.8, 4) is 0 Å². The standard InChI is InChI=1S/C29H27N3O3/c33-27(30-20-22-14-16-23(17-15-22)21-32-18-8-7-13-28(32)34)19-26(24-9-3-1-4-10-24)31-29(35)25-11-5-2-6-12-25/h1-18,26H,19-21H2,(H,30,33)(H,31,35). The van der Waals surface area contributed by atoms with Gasteiger partial charge in [-0.1, -0.05) is 78.9 Å². The van der Waals surface area contributed by atoms with Crippen molar-refractivity contribution in [2.75, 3.05) is 0 Å². The van der Waals surface area contributed by atoms with Crippen molar-refractivity contribution in [1.29, 1.82) is 0 Å². The summed E-state index contributed by atoms with van der Waals surface area (Å²) in [5, 5.41) is 5.93. The van der Waals surface area contributed by atoms with E-state index >= 15 is 0 Å². The largest absolute Gasteiger partial charge is 0.352 e. The number of hydrogen-bond donors (Lipinski definition) is 2. The molecule has 1 aromatic heterocycles. The molecule has 35 heavy (non-hydrogen) atoms. The molecule has 1 atom stereocenters. The van der Waals surface area contributed by atoms with Crippen LogP contribution in [0.25, 0.3) is 0 Å². The molecule has 4 rings (SSSR count). The SMILES string of the molecule is O=C(CC(NC(=O)c1ccccc1)c1ccccc1)NCc1ccc(Cn2ccccc2=O)cc1. The van der Waals surface area contributed by atoms with Crippen molar-refractivity contribution in [2.45, 2.75) is 25.6 Å². The topological polar surface area (TPSA) is 80.2 Å². The van der Waals surface area contributed by atoms with Crippen LogP contribution in [-0.2, 0) is 17.9 Å². The summed E-state index contributed by atoms with van der Waals surface area (Å²) in [5.74, 6) is -0.382. The van der Waals surface area contributed by atoms with Crippen LogP contribution in [0, 0.1) is 0 Å². The quantitative estimate of drug-likeness (QED) is 0.391. The van der Waals surface area contributed by atoms with E-state index in [9.17, 15) is 14.4 Å². The molecule has 0 fully saturated rings. The zero-order chi connectivity index (χ0) is 24.5. The minimum atomic E-state index is -0.449. The first-order chi connectivity index (χ1) is 17.1. The maximum absolute atomic E-state index is 12.8. The molecule has 6 heteroatoms. The van der Waals surface area contributed by atoms with Crippen LogP contribution in [0.3, 0.4) is 0 Å². The molecule has 0 aliphatic rings. The van der Waals surface area contributed by atoms with Gasteiger partial charge in [0.1, 0.15) is 0 Å². The third kappa shape index (κ3) is 6.77. The average Bonchev–Trinajstić information content (AvgIpc) is 2.90. The number of carbonyl (C=O) groups excluding carboxylic acids is 2. The third-order valence-electron chi connectivity index (χ3n) is 5.70. The molecule has 0 saturated heterocycles. The van der Waals surface area contributed by atoms with Crippen molar-refractivity contribution < 1.29 is 9.59 Å². The molecular weight excluding hydrogens is 438 g/mol. The zero-order valence-corrected chi connectivity index (χ0v) is 19.3. The Bertz CT molecular complexity index is 1320. The fourth-order valence-corrected chi connectivity index (χ4v) is 3.78. The molecule has 0 aliphatic carbocycles. The summed E-state index contributed by atoms with van der Waals surface area (Å²) < 4.78 is 1.64. The lowest BCUT2D eigenvalue weighted by molar-refractivity contribution is -0.121. The average molecular weight is 466 g/mol. The van der Waals surface area contributed by atoms with Crippen molar-refractivity contribution in [3.63, 3.8) is 0 Å². The van der Waals surface area contributed by atoms with Gasteiger partial charge in [0.25, 0.3) is 11.5 Å². The lowest BCUT2D eigenvalue weighted by atomic mass is 10.0. The van der Waals surface area contributed by atoms with E-state index in [1.54, 1.807) is 29.0 Å². The molecule has 0 spiro atoms. The first kappa shape index (κ1) is 23.7. The van der Waals surface area contributed by atoms with Gasteiger partial charge in [-0.05, 0) is 34.9 Å². The predicted molar refractivity (Wildman–Crippen MR) is 136 cm³/mol. The fourth-order valence-electron chi connectivity index (χ4n) is 3.78. The number of rotatable bonds is 9. The molecule has 0 radical (unpaired) electrons. The van der Waals surface area contributed by atoms with Crippen molar-refractivity contribution in [3.05, 3.63) is 142 Å². The van der Waals surface area contributed by atoms with Gasteiger partial charge >= 0.3 is 0 Å². The summed E-state index contributed by atoms with van der Waals surface area (Å²) >= 11 is 0. The number of aromatic nitrogens is 1. The second kappa shape index (κ2) is 11.6. The van der Waals surface area contributed by atoms with E-state index in [4.69, 9.17) is 0 Å². The molecule has 2 N–H and O–H groups in total. The Balaban J connectivity index is 1.35. The van der Waals surface area contributed by atoms with Crippen molar-refractivity contribution >= 4 is 11.8 Å². The Morgan fingerprint density at radius 1 is 0.743 bits per heavy atom. The summed E-state index contributed by atoms with van der Waals surface area (Å²) in [5.41, 5.74) is 3.32. The van der Waals surface area contributed by atoms with Crippen molar-refractivity contribution in [2.24, 2.45) is 0 Å². The summed E-state index contributed by atoms with van der Waals surface area (Å²) in [6.45, 7) is 0.866. The van der Waals surface area contributed by atoms with Crippen LogP contribution in [0.2, 0.25) is 0 Å². The first-order valence-electron chi connectivity index (χ1n) is 11.5. The van der Waals surface area contributed by atoms with Gasteiger partial charge in [0, 0.05) is 24.4 Å². The Morgan fingerprint density at radius 3 is 2.06 bits per heavy atom. The number of nitrogens with zero attached hydrogens (tertiary/aromatic N) is 1. The van der Waals surface area contributed by atoms with Crippen LogP contribution in [0.15, 0.2) is 114 Å². The summed E-state index contributed by atoms with van der Waals surface area (Å²) in [7, 11) is 0. The van der Waals surface area contributed by atoms with Gasteiger partial charge in [-0.15, -0.1) is 0 Å². The zero-order valence-electron chi connectivity index (χ0n) is 19.3. The summed E-state index contributed by atoms with van der Waals surface area (Å²) in [6.07, 6.45) is 1.88. The maximum Gasteiger partial charge on any atom is 0.251 e. The van der Waals surface area contributed by atoms with Gasteiger partial charge in [0.2, 0.25) is 5.91 Å². The van der Waals surface area contributed by atoms with Gasteiger partial charge in [-0.25, -0.2) is 0 Å². The number of pyridine rings is 1. The van der Waals surface area contributed by atoms with Crippen LogP contribution < -0.4 is 16.2 Å². The number of benzene rings is 3. The van der Waals surface area contributed by atoms with E-state index in [2.05, 4.69) is 10.6 Å². The second-order valence-electron chi connectivity index (χ2n) is 8.27. The second-order valence-corrected chi connectivity index (χ2v) is 8.27. The van der Waals surface area contributed by atoms with E-state index in [0.29, 0.717) is 18.7 Å². The summed E-state index contributed by atoms with van der Waals surface area (Å²) in [6, 6.07) is 30.9. The number of carbonyl (C=O) groups is 2. The molecule has 0 bridgehead atoms. The Kier molecular flexibility index (Phi) is 7.86. The number of hydrogen-bond acceptors (Lipinski definition) is 3. The molecule has 4 aromatic rings. The normalized spacial score (nSPS) is 11.4. The highest BCUT2D eigenvalue weighted by molar-refractivity contribution is 5.94. The number of nitrogens with one attached hydrogen (secondary N) is 2. The first-order valence-corrected chi connectivity index (χ1v) is 11.5. The highest BCUT2D eigenvalue weighted by atomic mass is 16.2. The molecule has 6 nitrogen and oxygen atoms in total. The van der Waals surface area contributed by atoms with Gasteiger partial charge in [-0.2, -0.15) is 0 Å². The van der Waals surface area contributed by atoms with Crippen LogP contribution >= 0.6 is 0 Å². The van der Waals surface area contributed by atoms with Crippen LogP contribution in [0.5, 0.6) is 0 Å². The predicted octanol–water partition coefficient (Wildman–Crippen LogP) is 4.07. The van der Waals surface area contributed by atoms with E-state index < -0.39 is 6.04 Å². The summed E-state index contributed by atoms with van der Waals surface area (Å²) in [4.78, 5) is 37.4. The Morgan fingerprint density at radius 2 is 1.37 bits per heavy atom. The van der Waals surface area contributed by atoms with E-state index in [1.165, 1.54) is 6.07 Å². The lowest BCUT2D eigenvalue weighted by Crippen LogP contribution is -2.33. The smallest absolute Gasteiger partial charge is 0.251 e. The van der Waals surface area contributed by atoms with Crippen LogP contribution in [0.4, 0.5) is 0 Å². The van der Waals surface area contributed by atoms with Gasteiger partial charge < -0.3 is 15.2 Å². The van der Waals surface area contributed by atoms with Gasteiger partial charge in [-0.3, -0.25) is 14.4 Å². The molecule has 1 heterocycles. The highest BCUT2D eigenvalue weighted by Crippen LogP contribution is 2.18. The highest BCUT2D eigenvalue weighted by Gasteiger charge is 2.19.